The summed E-state index contributed by atoms with van der Waals surface area (Å²) in [6.45, 7) is 8.98. The van der Waals surface area contributed by atoms with Gasteiger partial charge in [0.05, 0.1) is 19.2 Å². The topological polar surface area (TPSA) is 812 Å². The third kappa shape index (κ3) is 42.3. The lowest BCUT2D eigenvalue weighted by molar-refractivity contribution is -0.137. The van der Waals surface area contributed by atoms with E-state index < -0.39 is 305 Å². The number of fused-ring (bicyclic) bond motifs is 15. The van der Waals surface area contributed by atoms with E-state index in [2.05, 4.69) is 117 Å². The van der Waals surface area contributed by atoms with Crippen LogP contribution in [-0.2, 0) is 99.1 Å². The molecule has 4 aliphatic rings. The van der Waals surface area contributed by atoms with Gasteiger partial charge < -0.3 is 150 Å². The van der Waals surface area contributed by atoms with Crippen molar-refractivity contribution in [1.29, 1.82) is 21.6 Å². The number of benzene rings is 2. The Morgan fingerprint density at radius 3 is 0.986 bits per heavy atom. The van der Waals surface area contributed by atoms with Crippen molar-refractivity contribution in [2.75, 3.05) is 73.8 Å². The molecule has 18 amide bonds. The minimum Gasteiger partial charge on any atom is -0.508 e. The van der Waals surface area contributed by atoms with Crippen molar-refractivity contribution in [3.05, 3.63) is 65.7 Å². The normalized spacial score (nSPS) is 26.0. The second-order valence-corrected chi connectivity index (χ2v) is 42.2. The number of carbonyl (C=O) groups excluding carboxylic acids is 18. The number of carbonyl (C=O) groups is 18. The van der Waals surface area contributed by atoms with Crippen molar-refractivity contribution in [3.63, 3.8) is 0 Å². The molecule has 6 rings (SSSR count). The maximum absolute atomic E-state index is 15.8. The molecular formula is C85H134N30O20S6. The number of nitrogens with one attached hydrogen (secondary N) is 26. The van der Waals surface area contributed by atoms with Gasteiger partial charge >= 0.3 is 0 Å². The van der Waals surface area contributed by atoms with E-state index in [0.717, 1.165) is 71.7 Å². The van der Waals surface area contributed by atoms with Gasteiger partial charge in [0.1, 0.15) is 102 Å². The summed E-state index contributed by atoms with van der Waals surface area (Å²) < 4.78 is 0. The zero-order chi connectivity index (χ0) is 104. The standard InChI is InChI=1S/C85H134N30O20S6/c1-8-43(6)64-80(134)112-60-40-141-138-37-57(109-71(125)53(31-45-16-10-9-11-17-45)100-61(118)33-98-67(121)49(19-13-27-95-83(88)89)104-81(135)65(44(7)116)115-78(60)132)76(130)106-54(32-46-22-24-47(117)25-23-46)72(126)110-56-36-137-140-39-59(77(131)114-64)107-69(123)51(21-15-29-97-85(92)93)103-74(128)58-38-139-136-35-55(108-70(124)52(30-41(2)3)105-75(56)129)73(127)102-50(20-14-28-96-84(90)91)68(122)101-48(18-12-26-94-82(86)87)66(120)99-34-62(119)113-63(42(4)5)79(133)111-58/h9-11,16-17,22-25,41-44,48-60,63-65,116-117H,8,12-15,18-21,26-40H2,1-7H3,(H,98,121)(H,99,120)(H,100,118)(H,101,122)(H,102,127)(H,103,128)(H,104,135)(H,105,129)(H,106,130)(H,107,123)(H,108,124)(H,109,125)(H,110,126)(H,111,133)(H,112,134)(H,113,119)(H,114,131)(H,115,132)(H4,86,87,94)(H4,88,89,95)(H4,90,91,96)(H4,92,93,97)/t43-,44+,48-,49-,50-,51-,52-,53-,54-,55-,56-,57-,58-,59-,60-,63-,64-,65-/m0/s1. The van der Waals surface area contributed by atoms with Gasteiger partial charge in [-0.1, -0.05) is 155 Å². The zero-order valence-corrected chi connectivity index (χ0v) is 84.1. The molecule has 50 nitrogen and oxygen atoms in total. The van der Waals surface area contributed by atoms with Gasteiger partial charge in [0.2, 0.25) is 106 Å². The van der Waals surface area contributed by atoms with Crippen LogP contribution in [0.1, 0.15) is 124 Å². The van der Waals surface area contributed by atoms with Crippen LogP contribution in [0.4, 0.5) is 0 Å². The highest BCUT2D eigenvalue weighted by Crippen LogP contribution is 2.29. The molecule has 0 spiro atoms. The fraction of sp³-hybridized carbons (Fsp3) is 0.600. The van der Waals surface area contributed by atoms with Gasteiger partial charge in [-0.25, -0.2) is 0 Å². The Morgan fingerprint density at radius 1 is 0.340 bits per heavy atom. The predicted molar refractivity (Wildman–Crippen MR) is 536 cm³/mol. The SMILES string of the molecule is CC[C@H](C)[C@@H]1NC(=O)[C@@H]2CSSC[C@H](NC(=O)[C@H](Cc3ccc(O)cc3)NC(=O)[C@@H]3CSSC[C@H](NC1=O)C(=O)N[C@@H]([C@@H](C)O)C(=O)N[C@@H](CCCNC(=N)N)C(=O)NCC(=O)N[C@@H](Cc1ccccc1)C(=O)N3)C(=O)N[C@@H](CC(C)C)C(=O)N[C@H]1CSSC[C@H](NC(=O)[C@H](C(C)C)NC(=O)CNC(=O)[C@H](CCCNC(=N)N)NC(=O)[C@H](CCCNC(=N)N)NC1=O)C(=O)N[C@@H](CCCNC(=N)N)C(=O)N2. The fourth-order valence-corrected chi connectivity index (χ4v) is 21.2. The summed E-state index contributed by atoms with van der Waals surface area (Å²) in [6, 6.07) is -13.6. The molecule has 0 aromatic heterocycles. The summed E-state index contributed by atoms with van der Waals surface area (Å²) in [5, 5.41) is 111. The molecular weight excluding hydrogens is 1950 g/mol. The molecule has 4 aliphatic heterocycles. The van der Waals surface area contributed by atoms with E-state index in [1.807, 2.05) is 0 Å². The molecule has 18 atom stereocenters. The molecule has 2 aromatic carbocycles. The zero-order valence-electron chi connectivity index (χ0n) is 79.2. The highest BCUT2D eigenvalue weighted by molar-refractivity contribution is 8.77. The van der Waals surface area contributed by atoms with Crippen molar-refractivity contribution in [1.82, 2.24) is 117 Å². The summed E-state index contributed by atoms with van der Waals surface area (Å²) in [4.78, 5) is 272. The van der Waals surface area contributed by atoms with Gasteiger partial charge in [-0.3, -0.25) is 108 Å². The Morgan fingerprint density at radius 2 is 0.624 bits per heavy atom. The number of hydrogen-bond donors (Lipinski definition) is 32. The van der Waals surface area contributed by atoms with E-state index in [4.69, 9.17) is 44.6 Å². The Bertz CT molecular complexity index is 4700. The first-order valence-corrected chi connectivity index (χ1v) is 53.3. The third-order valence-electron chi connectivity index (χ3n) is 22.2. The van der Waals surface area contributed by atoms with E-state index >= 15 is 52.7 Å². The van der Waals surface area contributed by atoms with Gasteiger partial charge in [-0.05, 0) is 106 Å². The number of nitrogens with two attached hydrogens (primary N) is 4. The number of amides is 18. The monoisotopic (exact) mass is 2090 g/mol. The minimum atomic E-state index is -1.94. The number of phenolic OH excluding ortho intramolecular Hbond substituents is 1. The molecule has 0 aliphatic carbocycles. The first-order valence-electron chi connectivity index (χ1n) is 45.8. The third-order valence-corrected chi connectivity index (χ3v) is 29.4. The second-order valence-electron chi connectivity index (χ2n) is 34.5. The molecule has 36 N–H and O–H groups in total. The van der Waals surface area contributed by atoms with Crippen LogP contribution in [0.3, 0.4) is 0 Å². The van der Waals surface area contributed by atoms with Gasteiger partial charge in [0.15, 0.2) is 23.8 Å². The Kier molecular flexibility index (Phi) is 50.7. The van der Waals surface area contributed by atoms with Crippen LogP contribution in [0, 0.1) is 39.4 Å². The number of aromatic hydroxyl groups is 1. The summed E-state index contributed by atoms with van der Waals surface area (Å²) >= 11 is 0. The van der Waals surface area contributed by atoms with E-state index in [-0.39, 0.29) is 108 Å². The highest BCUT2D eigenvalue weighted by Gasteiger charge is 2.42. The van der Waals surface area contributed by atoms with Crippen molar-refractivity contribution >= 4 is 195 Å². The Hall–Kier alpha value is -12.2. The number of aliphatic hydroxyl groups excluding tert-OH is 1. The van der Waals surface area contributed by atoms with Crippen molar-refractivity contribution in [2.24, 2.45) is 40.7 Å². The number of rotatable bonds is 26. The molecule has 780 valence electrons. The first-order chi connectivity index (χ1) is 66.9. The molecule has 6 bridgehead atoms. The van der Waals surface area contributed by atoms with Crippen LogP contribution in [-0.4, -0.2) is 317 Å². The van der Waals surface area contributed by atoms with E-state index in [1.165, 1.54) is 24.3 Å². The average Bonchev–Trinajstić information content (AvgIpc) is 0.835. The maximum Gasteiger partial charge on any atom is 0.245 e. The predicted octanol–water partition coefficient (Wildman–Crippen LogP) is -7.45. The van der Waals surface area contributed by atoms with Gasteiger partial charge in [0.25, 0.3) is 0 Å². The summed E-state index contributed by atoms with van der Waals surface area (Å²) in [5.74, 6) is -26.2. The maximum atomic E-state index is 15.8. The van der Waals surface area contributed by atoms with Crippen LogP contribution < -0.4 is 140 Å². The molecule has 56 heteroatoms. The Labute approximate surface area is 839 Å². The van der Waals surface area contributed by atoms with E-state index in [0.29, 0.717) is 5.56 Å². The number of phenols is 1. The molecule has 4 saturated heterocycles. The second kappa shape index (κ2) is 60.9. The van der Waals surface area contributed by atoms with Crippen LogP contribution in [0.15, 0.2) is 54.6 Å². The lowest BCUT2D eigenvalue weighted by Gasteiger charge is -2.30. The summed E-state index contributed by atoms with van der Waals surface area (Å²) in [5.41, 5.74) is 23.1. The molecule has 2 aromatic rings. The van der Waals surface area contributed by atoms with Crippen LogP contribution in [0.5, 0.6) is 5.75 Å². The van der Waals surface area contributed by atoms with E-state index in [9.17, 15) is 43.8 Å². The minimum absolute atomic E-state index is 0.00664. The van der Waals surface area contributed by atoms with Crippen molar-refractivity contribution in [2.45, 2.75) is 228 Å². The van der Waals surface area contributed by atoms with Crippen LogP contribution in [0.25, 0.3) is 0 Å². The lowest BCUT2D eigenvalue weighted by atomic mass is 9.97. The lowest BCUT2D eigenvalue weighted by Crippen LogP contribution is -2.63. The number of guanidine groups is 4. The highest BCUT2D eigenvalue weighted by atomic mass is 33.1. The van der Waals surface area contributed by atoms with Crippen LogP contribution in [0.2, 0.25) is 0 Å². The average molecular weight is 2090 g/mol. The van der Waals surface area contributed by atoms with Gasteiger partial charge in [-0.2, -0.15) is 0 Å². The van der Waals surface area contributed by atoms with Crippen molar-refractivity contribution in [3.8, 4) is 5.75 Å². The van der Waals surface area contributed by atoms with Crippen molar-refractivity contribution < 1.29 is 96.5 Å². The fourth-order valence-electron chi connectivity index (χ4n) is 14.3. The Balaban J connectivity index is 1.64. The number of hydrogen-bond acceptors (Lipinski definition) is 30. The number of aliphatic hydroxyl groups is 1. The van der Waals surface area contributed by atoms with Gasteiger partial charge in [-0.15, -0.1) is 0 Å². The quantitative estimate of drug-likeness (QED) is 0.0180. The van der Waals surface area contributed by atoms with Crippen LogP contribution >= 0.6 is 64.8 Å². The smallest absolute Gasteiger partial charge is 0.245 e. The van der Waals surface area contributed by atoms with E-state index in [1.54, 1.807) is 71.9 Å². The first kappa shape index (κ1) is 118. The largest absolute Gasteiger partial charge is 0.508 e. The molecule has 4 fully saturated rings. The summed E-state index contributed by atoms with van der Waals surface area (Å²) in [7, 11) is 4.84. The molecule has 141 heavy (non-hydrogen) atoms. The molecule has 0 radical (unpaired) electrons. The molecule has 0 unspecified atom stereocenters. The molecule has 0 saturated carbocycles. The summed E-state index contributed by atoms with van der Waals surface area (Å²) in [6.07, 6.45) is -3.60. The van der Waals surface area contributed by atoms with Gasteiger partial charge in [0, 0.05) is 73.5 Å². The molecule has 4 heterocycles.